The Labute approximate surface area is 148 Å². The largest absolute Gasteiger partial charge is 0.243 e. The van der Waals surface area contributed by atoms with Gasteiger partial charge in [-0.1, -0.05) is 24.3 Å². The minimum atomic E-state index is -3.62. The van der Waals surface area contributed by atoms with E-state index in [4.69, 9.17) is 0 Å². The fraction of sp³-hybridized carbons (Fsp3) is 0.400. The normalized spacial score (nSPS) is 21.2. The van der Waals surface area contributed by atoms with E-state index >= 15 is 0 Å². The number of sulfonamides is 1. The average molecular weight is 359 g/mol. The molecule has 0 N–H and O–H groups in total. The highest BCUT2D eigenvalue weighted by atomic mass is 32.2. The lowest BCUT2D eigenvalue weighted by atomic mass is 9.92. The number of halogens is 1. The molecule has 0 unspecified atom stereocenters. The Hall–Kier alpha value is -1.72. The Morgan fingerprint density at radius 1 is 0.960 bits per heavy atom. The molecule has 2 aromatic carbocycles. The standard InChI is InChI=1S/C20H22FNO2S/c21-19-9-4-3-8-18(19)20-10-5-13-22(20)25(23,24)17-12-11-15-6-1-2-7-16(15)14-17/h3-4,8-9,11-12,14,20H,1-2,5-7,10,13H2/t20-/m1/s1. The van der Waals surface area contributed by atoms with Gasteiger partial charge in [-0.05, 0) is 67.9 Å². The van der Waals surface area contributed by atoms with Crippen LogP contribution in [0, 0.1) is 5.82 Å². The fourth-order valence-electron chi connectivity index (χ4n) is 4.09. The van der Waals surface area contributed by atoms with Gasteiger partial charge in [0.15, 0.2) is 0 Å². The van der Waals surface area contributed by atoms with Crippen LogP contribution < -0.4 is 0 Å². The second kappa shape index (κ2) is 6.54. The molecule has 25 heavy (non-hydrogen) atoms. The molecule has 2 aliphatic rings. The summed E-state index contributed by atoms with van der Waals surface area (Å²) in [6, 6.07) is 11.6. The van der Waals surface area contributed by atoms with Crippen LogP contribution in [-0.4, -0.2) is 19.3 Å². The molecule has 132 valence electrons. The van der Waals surface area contributed by atoms with Crippen molar-refractivity contribution < 1.29 is 12.8 Å². The van der Waals surface area contributed by atoms with E-state index in [-0.39, 0.29) is 5.82 Å². The SMILES string of the molecule is O=S(=O)(c1ccc2c(c1)CCCC2)N1CCC[C@@H]1c1ccccc1F. The maximum Gasteiger partial charge on any atom is 0.243 e. The molecule has 1 fully saturated rings. The number of hydrogen-bond acceptors (Lipinski definition) is 2. The molecule has 4 rings (SSSR count). The maximum atomic E-state index is 14.2. The zero-order valence-corrected chi connectivity index (χ0v) is 14.9. The first kappa shape index (κ1) is 16.7. The van der Waals surface area contributed by atoms with Crippen molar-refractivity contribution in [2.75, 3.05) is 6.54 Å². The van der Waals surface area contributed by atoms with Gasteiger partial charge in [0.1, 0.15) is 5.82 Å². The third-order valence-corrected chi connectivity index (χ3v) is 7.30. The molecule has 1 atom stereocenters. The second-order valence-corrected chi connectivity index (χ2v) is 8.82. The van der Waals surface area contributed by atoms with E-state index in [2.05, 4.69) is 0 Å². The average Bonchev–Trinajstić information content (AvgIpc) is 3.12. The van der Waals surface area contributed by atoms with Crippen molar-refractivity contribution >= 4 is 10.0 Å². The molecule has 0 aromatic heterocycles. The Bertz CT molecular complexity index is 894. The van der Waals surface area contributed by atoms with Gasteiger partial charge in [-0.3, -0.25) is 0 Å². The summed E-state index contributed by atoms with van der Waals surface area (Å²) in [5.74, 6) is -0.333. The van der Waals surface area contributed by atoms with Gasteiger partial charge in [0.05, 0.1) is 10.9 Å². The molecule has 1 saturated heterocycles. The predicted molar refractivity (Wildman–Crippen MR) is 95.4 cm³/mol. The van der Waals surface area contributed by atoms with Gasteiger partial charge < -0.3 is 0 Å². The lowest BCUT2D eigenvalue weighted by Crippen LogP contribution is -2.31. The summed E-state index contributed by atoms with van der Waals surface area (Å²) < 4.78 is 42.1. The summed E-state index contributed by atoms with van der Waals surface area (Å²) >= 11 is 0. The van der Waals surface area contributed by atoms with E-state index in [1.54, 1.807) is 24.3 Å². The van der Waals surface area contributed by atoms with E-state index in [1.807, 2.05) is 12.1 Å². The van der Waals surface area contributed by atoms with Crippen molar-refractivity contribution in [3.63, 3.8) is 0 Å². The van der Waals surface area contributed by atoms with Gasteiger partial charge in [-0.2, -0.15) is 4.31 Å². The van der Waals surface area contributed by atoms with Crippen LogP contribution in [0.3, 0.4) is 0 Å². The van der Waals surface area contributed by atoms with Gasteiger partial charge in [0.2, 0.25) is 10.0 Å². The van der Waals surface area contributed by atoms with Crippen LogP contribution in [0.15, 0.2) is 47.4 Å². The highest BCUT2D eigenvalue weighted by Crippen LogP contribution is 2.38. The van der Waals surface area contributed by atoms with Crippen LogP contribution in [0.1, 0.15) is 48.4 Å². The number of benzene rings is 2. The van der Waals surface area contributed by atoms with Gasteiger partial charge >= 0.3 is 0 Å². The molecular formula is C20H22FNO2S. The first-order valence-corrected chi connectivity index (χ1v) is 10.4. The summed E-state index contributed by atoms with van der Waals surface area (Å²) in [5.41, 5.74) is 2.88. The highest BCUT2D eigenvalue weighted by molar-refractivity contribution is 7.89. The molecule has 1 aliphatic heterocycles. The van der Waals surface area contributed by atoms with Crippen molar-refractivity contribution in [2.45, 2.75) is 49.5 Å². The molecule has 0 amide bonds. The lowest BCUT2D eigenvalue weighted by Gasteiger charge is -2.25. The fourth-order valence-corrected chi connectivity index (χ4v) is 5.82. The molecule has 5 heteroatoms. The summed E-state index contributed by atoms with van der Waals surface area (Å²) in [5, 5.41) is 0. The Kier molecular flexibility index (Phi) is 4.38. The van der Waals surface area contributed by atoms with Crippen molar-refractivity contribution in [1.82, 2.24) is 4.31 Å². The first-order chi connectivity index (χ1) is 12.1. The topological polar surface area (TPSA) is 37.4 Å². The van der Waals surface area contributed by atoms with Gasteiger partial charge in [0.25, 0.3) is 0 Å². The zero-order valence-electron chi connectivity index (χ0n) is 14.1. The smallest absolute Gasteiger partial charge is 0.207 e. The van der Waals surface area contributed by atoms with E-state index < -0.39 is 16.1 Å². The van der Waals surface area contributed by atoms with Crippen LogP contribution >= 0.6 is 0 Å². The Balaban J connectivity index is 1.71. The van der Waals surface area contributed by atoms with Crippen molar-refractivity contribution in [3.8, 4) is 0 Å². The van der Waals surface area contributed by atoms with Gasteiger partial charge in [0, 0.05) is 12.1 Å². The number of rotatable bonds is 3. The maximum absolute atomic E-state index is 14.2. The quantitative estimate of drug-likeness (QED) is 0.822. The molecule has 1 aliphatic carbocycles. The number of hydrogen-bond donors (Lipinski definition) is 0. The van der Waals surface area contributed by atoms with Crippen LogP contribution in [0.4, 0.5) is 4.39 Å². The number of aryl methyl sites for hydroxylation is 2. The van der Waals surface area contributed by atoms with E-state index in [0.717, 1.165) is 31.2 Å². The predicted octanol–water partition coefficient (Wildman–Crippen LogP) is 4.23. The van der Waals surface area contributed by atoms with E-state index in [9.17, 15) is 12.8 Å². The summed E-state index contributed by atoms with van der Waals surface area (Å²) in [6.07, 6.45) is 5.65. The Morgan fingerprint density at radius 3 is 2.52 bits per heavy atom. The van der Waals surface area contributed by atoms with Crippen LogP contribution in [0.2, 0.25) is 0 Å². The van der Waals surface area contributed by atoms with E-state index in [1.165, 1.54) is 22.4 Å². The monoisotopic (exact) mass is 359 g/mol. The zero-order chi connectivity index (χ0) is 17.4. The minimum Gasteiger partial charge on any atom is -0.207 e. The molecule has 0 saturated carbocycles. The second-order valence-electron chi connectivity index (χ2n) is 6.93. The third kappa shape index (κ3) is 3.00. The molecule has 3 nitrogen and oxygen atoms in total. The van der Waals surface area contributed by atoms with Crippen molar-refractivity contribution in [2.24, 2.45) is 0 Å². The van der Waals surface area contributed by atoms with E-state index in [0.29, 0.717) is 23.4 Å². The molecule has 0 spiro atoms. The van der Waals surface area contributed by atoms with Gasteiger partial charge in [-0.15, -0.1) is 0 Å². The van der Waals surface area contributed by atoms with Crippen molar-refractivity contribution in [3.05, 3.63) is 65.0 Å². The molecule has 0 bridgehead atoms. The molecule has 2 aromatic rings. The first-order valence-electron chi connectivity index (χ1n) is 8.95. The minimum absolute atomic E-state index is 0.333. The summed E-state index contributed by atoms with van der Waals surface area (Å²) in [6.45, 7) is 0.443. The third-order valence-electron chi connectivity index (χ3n) is 5.39. The van der Waals surface area contributed by atoms with Gasteiger partial charge in [-0.25, -0.2) is 12.8 Å². The van der Waals surface area contributed by atoms with Crippen LogP contribution in [-0.2, 0) is 22.9 Å². The molecule has 1 heterocycles. The number of nitrogens with zero attached hydrogens (tertiary/aromatic N) is 1. The van der Waals surface area contributed by atoms with Crippen LogP contribution in [0.5, 0.6) is 0 Å². The van der Waals surface area contributed by atoms with Crippen LogP contribution in [0.25, 0.3) is 0 Å². The summed E-state index contributed by atoms with van der Waals surface area (Å²) in [4.78, 5) is 0.344. The van der Waals surface area contributed by atoms with Crippen molar-refractivity contribution in [1.29, 1.82) is 0 Å². The highest BCUT2D eigenvalue weighted by Gasteiger charge is 2.37. The molecule has 0 radical (unpaired) electrons. The molecular weight excluding hydrogens is 337 g/mol. The lowest BCUT2D eigenvalue weighted by molar-refractivity contribution is 0.386. The summed E-state index contributed by atoms with van der Waals surface area (Å²) in [7, 11) is -3.62. The Morgan fingerprint density at radius 2 is 1.72 bits per heavy atom. The number of fused-ring (bicyclic) bond motifs is 1.